The molecule has 302 valence electrons. The fourth-order valence-corrected chi connectivity index (χ4v) is 11.4. The first-order chi connectivity index (χ1) is 32.2. The predicted molar refractivity (Wildman–Crippen MR) is 269 cm³/mol. The molecule has 1 aliphatic rings. The van der Waals surface area contributed by atoms with Crippen LogP contribution in [-0.2, 0) is 0 Å². The topological polar surface area (TPSA) is 48.5 Å². The van der Waals surface area contributed by atoms with Gasteiger partial charge < -0.3 is 4.57 Å². The van der Waals surface area contributed by atoms with Crippen molar-refractivity contribution in [2.75, 3.05) is 0 Å². The van der Waals surface area contributed by atoms with E-state index in [-0.39, 0.29) is 0 Å². The number of nitrogens with zero attached hydrogens (tertiary/aromatic N) is 5. The molecule has 0 N–H and O–H groups in total. The number of fused-ring (bicyclic) bond motifs is 10. The zero-order valence-corrected chi connectivity index (χ0v) is 35.7. The Hall–Kier alpha value is -8.32. The van der Waals surface area contributed by atoms with Crippen molar-refractivity contribution >= 4 is 76.9 Å². The average molecular weight is 846 g/mol. The summed E-state index contributed by atoms with van der Waals surface area (Å²) in [4.78, 5) is 18.5. The van der Waals surface area contributed by atoms with Gasteiger partial charge in [-0.25, -0.2) is 4.98 Å². The van der Waals surface area contributed by atoms with Crippen molar-refractivity contribution in [3.05, 3.63) is 212 Å². The van der Waals surface area contributed by atoms with Crippen LogP contribution in [0.2, 0.25) is 0 Å². The van der Waals surface area contributed by atoms with Crippen molar-refractivity contribution in [3.63, 3.8) is 0 Å². The number of benzene rings is 10. The molecule has 0 amide bonds. The molecule has 13 aromatic rings. The van der Waals surface area contributed by atoms with E-state index in [9.17, 15) is 0 Å². The normalized spacial score (nSPS) is 12.2. The van der Waals surface area contributed by atoms with Gasteiger partial charge in [0.1, 0.15) is 0 Å². The van der Waals surface area contributed by atoms with Crippen LogP contribution in [0.4, 0.5) is 0 Å². The lowest BCUT2D eigenvalue weighted by atomic mass is 9.94. The standard InChI is InChI=1S/C59H35N5S/c1-3-16-37(17-4-1)57-60-58(45-25-13-18-36-15-7-8-21-41(36)45)62-59(61-57)64-51-32-30-39(38-29-31-50-47(33-38)42-22-9-11-27-49(42)63(50)40-19-5-2-6-20-40)34-48(51)55-46-26-14-24-44-43-23-10-12-28-53(43)65-54(56(44)46)35-52(55)64/h1-35H. The Morgan fingerprint density at radius 1 is 0.323 bits per heavy atom. The number of aromatic nitrogens is 5. The van der Waals surface area contributed by atoms with Gasteiger partial charge in [-0.3, -0.25) is 4.57 Å². The molecular formula is C59H35N5S. The molecule has 6 heteroatoms. The Kier molecular flexibility index (Phi) is 7.85. The maximum absolute atomic E-state index is 5.43. The molecular weight excluding hydrogens is 811 g/mol. The molecule has 0 radical (unpaired) electrons. The van der Waals surface area contributed by atoms with Gasteiger partial charge in [0.25, 0.3) is 0 Å². The van der Waals surface area contributed by atoms with Crippen molar-refractivity contribution in [1.29, 1.82) is 0 Å². The van der Waals surface area contributed by atoms with Crippen LogP contribution in [0, 0.1) is 0 Å². The van der Waals surface area contributed by atoms with Crippen molar-refractivity contribution in [3.8, 4) is 56.7 Å². The van der Waals surface area contributed by atoms with Gasteiger partial charge in [0.15, 0.2) is 11.6 Å². The summed E-state index contributed by atoms with van der Waals surface area (Å²) in [6, 6.07) is 76.2. The van der Waals surface area contributed by atoms with Crippen LogP contribution in [-0.4, -0.2) is 24.1 Å². The van der Waals surface area contributed by atoms with Crippen molar-refractivity contribution in [1.82, 2.24) is 24.1 Å². The molecule has 0 spiro atoms. The monoisotopic (exact) mass is 845 g/mol. The van der Waals surface area contributed by atoms with Gasteiger partial charge in [-0.2, -0.15) is 9.97 Å². The number of hydrogen-bond acceptors (Lipinski definition) is 4. The molecule has 10 aromatic carbocycles. The van der Waals surface area contributed by atoms with Crippen LogP contribution in [0.5, 0.6) is 0 Å². The Morgan fingerprint density at radius 2 is 0.938 bits per heavy atom. The van der Waals surface area contributed by atoms with Gasteiger partial charge in [0, 0.05) is 53.5 Å². The first kappa shape index (κ1) is 36.2. The van der Waals surface area contributed by atoms with Crippen LogP contribution in [0.3, 0.4) is 0 Å². The quantitative estimate of drug-likeness (QED) is 0.173. The minimum atomic E-state index is 0.577. The molecule has 65 heavy (non-hydrogen) atoms. The third kappa shape index (κ3) is 5.51. The molecule has 0 saturated carbocycles. The Balaban J connectivity index is 1.06. The van der Waals surface area contributed by atoms with E-state index in [4.69, 9.17) is 15.0 Å². The summed E-state index contributed by atoms with van der Waals surface area (Å²) < 4.78 is 4.65. The third-order valence-electron chi connectivity index (χ3n) is 13.2. The van der Waals surface area contributed by atoms with E-state index in [1.807, 2.05) is 30.0 Å². The smallest absolute Gasteiger partial charge is 0.238 e. The Bertz CT molecular complexity index is 4090. The maximum Gasteiger partial charge on any atom is 0.238 e. The Morgan fingerprint density at radius 3 is 1.80 bits per heavy atom. The second kappa shape index (κ2) is 14.1. The molecule has 0 aliphatic carbocycles. The van der Waals surface area contributed by atoms with Gasteiger partial charge in [-0.15, -0.1) is 0 Å². The fraction of sp³-hybridized carbons (Fsp3) is 0. The second-order valence-corrected chi connectivity index (χ2v) is 17.8. The minimum absolute atomic E-state index is 0.577. The lowest BCUT2D eigenvalue weighted by molar-refractivity contribution is 0.954. The van der Waals surface area contributed by atoms with Crippen LogP contribution >= 0.6 is 11.8 Å². The van der Waals surface area contributed by atoms with Crippen LogP contribution in [0.1, 0.15) is 0 Å². The zero-order chi connectivity index (χ0) is 42.6. The molecule has 0 atom stereocenters. The van der Waals surface area contributed by atoms with E-state index in [1.54, 1.807) is 0 Å². The third-order valence-corrected chi connectivity index (χ3v) is 14.3. The lowest BCUT2D eigenvalue weighted by Crippen LogP contribution is -2.06. The van der Waals surface area contributed by atoms with E-state index in [2.05, 4.69) is 203 Å². The minimum Gasteiger partial charge on any atom is -0.309 e. The van der Waals surface area contributed by atoms with E-state index in [0.29, 0.717) is 17.6 Å². The summed E-state index contributed by atoms with van der Waals surface area (Å²) in [5.41, 5.74) is 12.3. The average Bonchev–Trinajstić information content (AvgIpc) is 3.89. The number of hydrogen-bond donors (Lipinski definition) is 0. The number of para-hydroxylation sites is 2. The molecule has 0 unspecified atom stereocenters. The molecule has 0 fully saturated rings. The summed E-state index contributed by atoms with van der Waals surface area (Å²) in [5, 5.41) is 9.50. The number of rotatable bonds is 5. The summed E-state index contributed by atoms with van der Waals surface area (Å²) in [7, 11) is 0. The van der Waals surface area contributed by atoms with Gasteiger partial charge in [0.2, 0.25) is 5.95 Å². The highest BCUT2D eigenvalue weighted by Gasteiger charge is 2.26. The van der Waals surface area contributed by atoms with E-state index < -0.39 is 0 Å². The molecule has 5 nitrogen and oxygen atoms in total. The van der Waals surface area contributed by atoms with Crippen LogP contribution in [0.25, 0.3) is 122 Å². The van der Waals surface area contributed by atoms with Crippen molar-refractivity contribution < 1.29 is 0 Å². The summed E-state index contributed by atoms with van der Waals surface area (Å²) in [6.45, 7) is 0. The first-order valence-electron chi connectivity index (χ1n) is 21.9. The van der Waals surface area contributed by atoms with Gasteiger partial charge >= 0.3 is 0 Å². The predicted octanol–water partition coefficient (Wildman–Crippen LogP) is 15.5. The second-order valence-electron chi connectivity index (χ2n) is 16.8. The summed E-state index contributed by atoms with van der Waals surface area (Å²) in [6.07, 6.45) is 0. The highest BCUT2D eigenvalue weighted by Crippen LogP contribution is 2.51. The highest BCUT2D eigenvalue weighted by molar-refractivity contribution is 7.99. The molecule has 3 aromatic heterocycles. The van der Waals surface area contributed by atoms with E-state index >= 15 is 0 Å². The lowest BCUT2D eigenvalue weighted by Gasteiger charge is -2.21. The summed E-state index contributed by atoms with van der Waals surface area (Å²) >= 11 is 1.84. The van der Waals surface area contributed by atoms with E-state index in [0.717, 1.165) is 55.1 Å². The van der Waals surface area contributed by atoms with Crippen LogP contribution < -0.4 is 0 Å². The van der Waals surface area contributed by atoms with Gasteiger partial charge in [-0.1, -0.05) is 169 Å². The molecule has 1 aliphatic heterocycles. The van der Waals surface area contributed by atoms with Gasteiger partial charge in [-0.05, 0) is 93.0 Å². The van der Waals surface area contributed by atoms with E-state index in [1.165, 1.54) is 58.9 Å². The zero-order valence-electron chi connectivity index (χ0n) is 34.9. The molecule has 0 bridgehead atoms. The van der Waals surface area contributed by atoms with Gasteiger partial charge in [0.05, 0.1) is 22.1 Å². The largest absolute Gasteiger partial charge is 0.309 e. The van der Waals surface area contributed by atoms with Crippen molar-refractivity contribution in [2.24, 2.45) is 0 Å². The maximum atomic E-state index is 5.43. The molecule has 0 saturated heterocycles. The first-order valence-corrected chi connectivity index (χ1v) is 22.8. The molecule has 14 rings (SSSR count). The SMILES string of the molecule is c1ccc(-c2nc(-c3cccc4ccccc34)nc(-n3c4ccc(-c5ccc6c(c5)c5ccccc5n6-c5ccccc5)cc4c4c5cccc6c5c(cc43)Sc3ccccc3-6)n2)cc1. The van der Waals surface area contributed by atoms with Crippen LogP contribution in [0.15, 0.2) is 222 Å². The van der Waals surface area contributed by atoms with Crippen molar-refractivity contribution in [2.45, 2.75) is 9.79 Å². The molecule has 4 heterocycles. The Labute approximate surface area is 377 Å². The summed E-state index contributed by atoms with van der Waals surface area (Å²) in [5.74, 6) is 1.84. The fourth-order valence-electron chi connectivity index (χ4n) is 10.3. The highest BCUT2D eigenvalue weighted by atomic mass is 32.2.